The average Bonchev–Trinajstić information content (AvgIpc) is 1.78. The second kappa shape index (κ2) is 36.5. The van der Waals surface area contributed by atoms with Gasteiger partial charge in [-0.05, 0) is 195 Å². The number of carbonyl (C=O) groups is 8. The Balaban J connectivity index is 0.000000200. The number of benzene rings is 4. The van der Waals surface area contributed by atoms with Gasteiger partial charge >= 0.3 is 18.0 Å². The Labute approximate surface area is 592 Å². The van der Waals surface area contributed by atoms with E-state index >= 15 is 0 Å². The van der Waals surface area contributed by atoms with E-state index in [1.807, 2.05) is 140 Å². The number of carbonyl (C=O) groups excluding carboxylic acids is 8. The summed E-state index contributed by atoms with van der Waals surface area (Å²) in [5.74, 6) is 3.00. The summed E-state index contributed by atoms with van der Waals surface area (Å²) in [6, 6.07) is 23.4. The van der Waals surface area contributed by atoms with Crippen molar-refractivity contribution in [3.8, 4) is 11.5 Å². The summed E-state index contributed by atoms with van der Waals surface area (Å²) in [5.41, 5.74) is 18.1. The quantitative estimate of drug-likeness (QED) is 0.0129. The predicted octanol–water partition coefficient (Wildman–Crippen LogP) is 10.9. The van der Waals surface area contributed by atoms with Crippen LogP contribution in [0.2, 0.25) is 0 Å². The van der Waals surface area contributed by atoms with Gasteiger partial charge in [0, 0.05) is 76.7 Å². The Bertz CT molecular complexity index is 3810. The summed E-state index contributed by atoms with van der Waals surface area (Å²) in [7, 11) is 0. The Hall–Kier alpha value is -8.59. The molecule has 2 aromatic heterocycles. The predicted molar refractivity (Wildman–Crippen MR) is 382 cm³/mol. The van der Waals surface area contributed by atoms with Gasteiger partial charge in [-0.15, -0.1) is 17.5 Å². The second-order valence-electron chi connectivity index (χ2n) is 25.4. The first-order valence-corrected chi connectivity index (χ1v) is 35.7. The number of hydrogen-bond donors (Lipinski definition) is 8. The van der Waals surface area contributed by atoms with Crippen LogP contribution in [0.15, 0.2) is 81.8 Å². The summed E-state index contributed by atoms with van der Waals surface area (Å²) in [6.07, 6.45) is 8.86. The van der Waals surface area contributed by atoms with Crippen LogP contribution in [0, 0.1) is 55.4 Å². The average molecular weight is 1420 g/mol. The lowest BCUT2D eigenvalue weighted by molar-refractivity contribution is -0.197. The number of imide groups is 1. The molecule has 0 saturated carbocycles. The summed E-state index contributed by atoms with van der Waals surface area (Å²) >= 11 is 3.73. The number of fused-ring (bicyclic) bond motifs is 2. The first kappa shape index (κ1) is 76.2. The SMILES string of the molecule is Cc1cccc(NC(=O)c2ccc(OCc3c(C)noc3C)c(CCCN)c2)c1C.Cc1cccc(NC(=O)c2ccc(OCc3c(C)noc3C)c(CCCNC(=O)CCCC[C@@H]3SC[C@@H]4NC(=O)N[C@@H]43)c2)c1C.Cl.O=C1N[C@H]2[C@H](CS[C@H]2CCCCC(=O)ON2C(=O)CCC2=O)N1. The topological polar surface area (TPSA) is 330 Å². The van der Waals surface area contributed by atoms with E-state index in [4.69, 9.17) is 29.1 Å². The third-order valence-electron chi connectivity index (χ3n) is 18.4. The standard InChI is InChI=1S/C34H43N5O5S.C24H29N3O3.C14H19N3O5S.ClH/c1-20-9-7-11-27(21(20)2)36-33(41)25-14-15-29(43-18-26-22(3)39-44-23(26)4)24(17-25)10-8-16-35-31(40)13-6-5-12-30-32-28(19-45-30)37-34(42)38-32;1-15-7-5-9-22(16(15)2)26-24(28)20-10-11-23(19(13-20)8-6-12-25)29-14-21-17(3)27-30-18(21)4;18-10-5-6-11(19)17(10)22-12(20)4-2-1-3-9-13-8(7-23-9)15-14(21)16-13;/h7,9,11,14-15,17,28,30,32H,5-6,8,10,12-13,16,18-19H2,1-4H3,(H,35,40)(H,36,41)(H2,37,38,42);5,7,9-11,13H,6,8,12,14,25H2,1-4H3,(H,26,28);8-9,13H,1-7H2,(H2,15,16,21);1H/t28-,30-,32-;;8-,9-,13-;/m0.0./s1. The largest absolute Gasteiger partial charge is 0.488 e. The molecule has 0 unspecified atom stereocenters. The molecule has 5 saturated heterocycles. The summed E-state index contributed by atoms with van der Waals surface area (Å²) in [5, 5.41) is 30.2. The highest BCUT2D eigenvalue weighted by Gasteiger charge is 2.44. The number of anilines is 2. The van der Waals surface area contributed by atoms with Crippen LogP contribution in [0.4, 0.5) is 21.0 Å². The summed E-state index contributed by atoms with van der Waals surface area (Å²) in [4.78, 5) is 101. The van der Waals surface area contributed by atoms with E-state index in [1.54, 1.807) is 12.1 Å². The zero-order valence-corrected chi connectivity index (χ0v) is 59.9. The minimum absolute atomic E-state index is 0. The van der Waals surface area contributed by atoms with Gasteiger partial charge in [0.2, 0.25) is 5.91 Å². The smallest absolute Gasteiger partial charge is 0.333 e. The van der Waals surface area contributed by atoms with Gasteiger partial charge in [0.15, 0.2) is 0 Å². The molecular weight excluding hydrogens is 1330 g/mol. The number of aryl methyl sites for hydroxylation is 8. The monoisotopic (exact) mass is 1420 g/mol. The molecule has 5 fully saturated rings. The number of hydroxylamine groups is 2. The molecule has 5 aliphatic heterocycles. The third-order valence-corrected chi connectivity index (χ3v) is 21.4. The van der Waals surface area contributed by atoms with Gasteiger partial charge in [-0.2, -0.15) is 23.5 Å². The fourth-order valence-corrected chi connectivity index (χ4v) is 15.3. The van der Waals surface area contributed by atoms with Crippen molar-refractivity contribution in [2.24, 2.45) is 5.73 Å². The number of aromatic nitrogens is 2. The van der Waals surface area contributed by atoms with Gasteiger partial charge < -0.3 is 66.3 Å². The lowest BCUT2D eigenvalue weighted by atomic mass is 10.0. The molecule has 6 atom stereocenters. The number of ether oxygens (including phenoxy) is 2. The molecule has 5 aliphatic rings. The number of thioether (sulfide) groups is 2. The molecule has 9 N–H and O–H groups in total. The number of rotatable bonds is 28. The van der Waals surface area contributed by atoms with Crippen LogP contribution in [-0.2, 0) is 50.1 Å². The molecule has 7 heterocycles. The first-order valence-electron chi connectivity index (χ1n) is 33.6. The first-order chi connectivity index (χ1) is 47.1. The summed E-state index contributed by atoms with van der Waals surface area (Å²) < 4.78 is 22.7. The highest BCUT2D eigenvalue weighted by Crippen LogP contribution is 2.35. The highest BCUT2D eigenvalue weighted by molar-refractivity contribution is 8.00. The maximum Gasteiger partial charge on any atom is 0.333 e. The number of urea groups is 2. The van der Waals surface area contributed by atoms with Crippen molar-refractivity contribution >= 4 is 94.9 Å². The second-order valence-corrected chi connectivity index (χ2v) is 27.9. The van der Waals surface area contributed by atoms with Crippen LogP contribution in [0.1, 0.15) is 165 Å². The molecule has 11 rings (SSSR count). The Morgan fingerprint density at radius 2 is 1.06 bits per heavy atom. The maximum absolute atomic E-state index is 13.2. The van der Waals surface area contributed by atoms with Crippen molar-refractivity contribution in [3.05, 3.63) is 151 Å². The summed E-state index contributed by atoms with van der Waals surface area (Å²) in [6.45, 7) is 17.3. The fraction of sp³-hybridized carbons (Fsp3) is 0.472. The Kier molecular flexibility index (Phi) is 28.1. The molecule has 0 aliphatic carbocycles. The molecule has 27 heteroatoms. The van der Waals surface area contributed by atoms with Crippen LogP contribution in [-0.4, -0.2) is 122 Å². The van der Waals surface area contributed by atoms with Crippen LogP contribution in [0.25, 0.3) is 0 Å². The van der Waals surface area contributed by atoms with Gasteiger partial charge in [-0.3, -0.25) is 24.0 Å². The van der Waals surface area contributed by atoms with Crippen molar-refractivity contribution < 1.29 is 61.7 Å². The molecule has 99 heavy (non-hydrogen) atoms. The Morgan fingerprint density at radius 1 is 0.596 bits per heavy atom. The van der Waals surface area contributed by atoms with Gasteiger partial charge in [0.1, 0.15) is 36.2 Å². The van der Waals surface area contributed by atoms with Gasteiger partial charge in [0.25, 0.3) is 23.6 Å². The van der Waals surface area contributed by atoms with Crippen molar-refractivity contribution in [3.63, 3.8) is 0 Å². The van der Waals surface area contributed by atoms with E-state index < -0.39 is 17.8 Å². The zero-order chi connectivity index (χ0) is 70.0. The van der Waals surface area contributed by atoms with E-state index in [0.29, 0.717) is 84.4 Å². The lowest BCUT2D eigenvalue weighted by Gasteiger charge is -2.16. The molecule has 6 aromatic rings. The number of nitrogens with two attached hydrogens (primary N) is 1. The minimum atomic E-state index is -0.554. The van der Waals surface area contributed by atoms with Crippen molar-refractivity contribution in [1.82, 2.24) is 42.0 Å². The molecule has 24 nitrogen and oxygen atoms in total. The number of amides is 9. The normalized spacial score (nSPS) is 18.6. The lowest BCUT2D eigenvalue weighted by Crippen LogP contribution is -2.36. The Morgan fingerprint density at radius 3 is 1.52 bits per heavy atom. The fourth-order valence-electron chi connectivity index (χ4n) is 12.2. The van der Waals surface area contributed by atoms with Crippen LogP contribution in [0.3, 0.4) is 0 Å². The van der Waals surface area contributed by atoms with Crippen molar-refractivity contribution in [1.29, 1.82) is 0 Å². The number of nitrogens with one attached hydrogen (secondary N) is 7. The number of unbranched alkanes of at least 4 members (excludes halogenated alkanes) is 2. The van der Waals surface area contributed by atoms with E-state index in [-0.39, 0.29) is 85.6 Å². The number of nitrogens with zero attached hydrogens (tertiary/aromatic N) is 3. The minimum Gasteiger partial charge on any atom is -0.488 e. The van der Waals surface area contributed by atoms with E-state index in [1.165, 1.54) is 0 Å². The number of halogens is 1. The zero-order valence-electron chi connectivity index (χ0n) is 57.5. The van der Waals surface area contributed by atoms with Gasteiger partial charge in [-0.1, -0.05) is 47.4 Å². The van der Waals surface area contributed by atoms with Crippen molar-refractivity contribution in [2.45, 2.75) is 193 Å². The molecule has 4 aromatic carbocycles. The van der Waals surface area contributed by atoms with Gasteiger partial charge in [-0.25, -0.2) is 14.4 Å². The van der Waals surface area contributed by atoms with Crippen LogP contribution in [0.5, 0.6) is 11.5 Å². The van der Waals surface area contributed by atoms with E-state index in [2.05, 4.69) is 47.5 Å². The highest BCUT2D eigenvalue weighted by atomic mass is 35.5. The van der Waals surface area contributed by atoms with Crippen LogP contribution < -0.4 is 52.4 Å². The molecule has 0 radical (unpaired) electrons. The van der Waals surface area contributed by atoms with E-state index in [0.717, 1.165) is 141 Å². The molecule has 532 valence electrons. The molecule has 0 bridgehead atoms. The molecular formula is C72H92ClN11O13S2. The maximum atomic E-state index is 13.2. The number of hydrogen-bond acceptors (Lipinski definition) is 18. The van der Waals surface area contributed by atoms with E-state index in [9.17, 15) is 38.4 Å². The third kappa shape index (κ3) is 20.8. The van der Waals surface area contributed by atoms with Crippen LogP contribution >= 0.6 is 35.9 Å². The van der Waals surface area contributed by atoms with Crippen molar-refractivity contribution in [2.75, 3.05) is 35.2 Å². The molecule has 9 amide bonds. The molecule has 0 spiro atoms. The van der Waals surface area contributed by atoms with Gasteiger partial charge in [0.05, 0.1) is 46.7 Å².